The minimum Gasteiger partial charge on any atom is -0.373 e. The highest BCUT2D eigenvalue weighted by Crippen LogP contribution is 2.23. The Labute approximate surface area is 97.8 Å². The van der Waals surface area contributed by atoms with E-state index >= 15 is 0 Å². The van der Waals surface area contributed by atoms with Crippen LogP contribution in [0.3, 0.4) is 0 Å². The second kappa shape index (κ2) is 4.98. The van der Waals surface area contributed by atoms with Gasteiger partial charge in [-0.2, -0.15) is 0 Å². The van der Waals surface area contributed by atoms with E-state index in [1.807, 2.05) is 0 Å². The van der Waals surface area contributed by atoms with E-state index in [4.69, 9.17) is 10.5 Å². The molecule has 88 valence electrons. The summed E-state index contributed by atoms with van der Waals surface area (Å²) in [4.78, 5) is 0. The lowest BCUT2D eigenvalue weighted by atomic mass is 9.90. The Hall–Kier alpha value is -0.860. The fraction of sp³-hybridized carbons (Fsp3) is 0.571. The van der Waals surface area contributed by atoms with Crippen LogP contribution in [-0.4, -0.2) is 12.1 Å². The van der Waals surface area contributed by atoms with Gasteiger partial charge < -0.3 is 10.5 Å². The Morgan fingerprint density at radius 3 is 2.38 bits per heavy atom. The van der Waals surface area contributed by atoms with Gasteiger partial charge >= 0.3 is 0 Å². The average Bonchev–Trinajstić information content (AvgIpc) is 2.23. The summed E-state index contributed by atoms with van der Waals surface area (Å²) in [6.07, 6.45) is 2.42. The lowest BCUT2D eigenvalue weighted by molar-refractivity contribution is -0.0188. The van der Waals surface area contributed by atoms with Crippen molar-refractivity contribution in [2.45, 2.75) is 51.4 Å². The molecular weight excluding hydrogens is 198 g/mol. The van der Waals surface area contributed by atoms with Crippen molar-refractivity contribution < 1.29 is 4.74 Å². The first kappa shape index (κ1) is 11.6. The maximum absolute atomic E-state index is 5.75. The van der Waals surface area contributed by atoms with E-state index in [1.54, 1.807) is 0 Å². The van der Waals surface area contributed by atoms with Crippen molar-refractivity contribution in [2.24, 2.45) is 5.73 Å². The molecule has 1 aromatic carbocycles. The van der Waals surface area contributed by atoms with Gasteiger partial charge in [0.2, 0.25) is 0 Å². The van der Waals surface area contributed by atoms with Crippen LogP contribution in [0.1, 0.15) is 43.7 Å². The molecule has 1 aliphatic carbocycles. The minimum atomic E-state index is 0.369. The molecule has 1 saturated carbocycles. The molecule has 1 aromatic rings. The molecule has 0 heterocycles. The number of rotatable bonds is 4. The Balaban J connectivity index is 1.81. The summed E-state index contributed by atoms with van der Waals surface area (Å²) in [7, 11) is 0. The van der Waals surface area contributed by atoms with E-state index < -0.39 is 0 Å². The van der Waals surface area contributed by atoms with Gasteiger partial charge in [0, 0.05) is 6.04 Å². The molecule has 0 spiro atoms. The van der Waals surface area contributed by atoms with E-state index in [0.29, 0.717) is 18.1 Å². The SMILES string of the molecule is CC(C)c1ccc(COC2CC(N)C2)cc1. The topological polar surface area (TPSA) is 35.2 Å². The normalized spacial score (nSPS) is 24.5. The number of hydrogen-bond donors (Lipinski definition) is 1. The largest absolute Gasteiger partial charge is 0.373 e. The maximum Gasteiger partial charge on any atom is 0.0720 e. The summed E-state index contributed by atoms with van der Waals surface area (Å²) in [5, 5.41) is 0. The molecule has 2 heteroatoms. The Bertz CT molecular complexity index is 325. The Morgan fingerprint density at radius 1 is 1.25 bits per heavy atom. The highest BCUT2D eigenvalue weighted by molar-refractivity contribution is 5.24. The molecule has 0 atom stereocenters. The van der Waals surface area contributed by atoms with Crippen molar-refractivity contribution >= 4 is 0 Å². The third-order valence-electron chi connectivity index (χ3n) is 3.26. The summed E-state index contributed by atoms with van der Waals surface area (Å²) in [5.74, 6) is 0.597. The summed E-state index contributed by atoms with van der Waals surface area (Å²) in [5.41, 5.74) is 8.35. The standard InChI is InChI=1S/C14H21NO/c1-10(2)12-5-3-11(4-6-12)9-16-14-7-13(15)8-14/h3-6,10,13-14H,7-9,15H2,1-2H3. The van der Waals surface area contributed by atoms with Crippen LogP contribution in [0.25, 0.3) is 0 Å². The second-order valence-electron chi connectivity index (χ2n) is 5.06. The molecule has 0 aliphatic heterocycles. The van der Waals surface area contributed by atoms with Crippen molar-refractivity contribution in [3.63, 3.8) is 0 Å². The lowest BCUT2D eigenvalue weighted by Crippen LogP contribution is -2.41. The zero-order chi connectivity index (χ0) is 11.5. The molecule has 0 amide bonds. The molecule has 0 aromatic heterocycles. The summed E-state index contributed by atoms with van der Waals surface area (Å²) in [6.45, 7) is 5.14. The molecule has 0 radical (unpaired) electrons. The van der Waals surface area contributed by atoms with E-state index in [0.717, 1.165) is 19.4 Å². The summed E-state index contributed by atoms with van der Waals surface area (Å²) < 4.78 is 5.75. The van der Waals surface area contributed by atoms with Gasteiger partial charge in [0.15, 0.2) is 0 Å². The first-order valence-corrected chi connectivity index (χ1v) is 6.11. The quantitative estimate of drug-likeness (QED) is 0.845. The average molecular weight is 219 g/mol. The van der Waals surface area contributed by atoms with Gasteiger partial charge in [-0.1, -0.05) is 38.1 Å². The van der Waals surface area contributed by atoms with Gasteiger partial charge in [0.25, 0.3) is 0 Å². The molecule has 2 rings (SSSR count). The van der Waals surface area contributed by atoms with Crippen LogP contribution < -0.4 is 5.73 Å². The smallest absolute Gasteiger partial charge is 0.0720 e. The zero-order valence-electron chi connectivity index (χ0n) is 10.1. The molecule has 0 bridgehead atoms. The van der Waals surface area contributed by atoms with Gasteiger partial charge in [-0.05, 0) is 29.9 Å². The van der Waals surface area contributed by atoms with Crippen LogP contribution in [0.2, 0.25) is 0 Å². The van der Waals surface area contributed by atoms with E-state index in [-0.39, 0.29) is 0 Å². The number of ether oxygens (including phenoxy) is 1. The highest BCUT2D eigenvalue weighted by atomic mass is 16.5. The molecule has 0 saturated heterocycles. The summed E-state index contributed by atoms with van der Waals surface area (Å²) in [6, 6.07) is 9.07. The Morgan fingerprint density at radius 2 is 1.88 bits per heavy atom. The molecule has 16 heavy (non-hydrogen) atoms. The zero-order valence-corrected chi connectivity index (χ0v) is 10.1. The van der Waals surface area contributed by atoms with Gasteiger partial charge in [-0.15, -0.1) is 0 Å². The lowest BCUT2D eigenvalue weighted by Gasteiger charge is -2.32. The van der Waals surface area contributed by atoms with Gasteiger partial charge in [-0.25, -0.2) is 0 Å². The van der Waals surface area contributed by atoms with Gasteiger partial charge in [0.1, 0.15) is 0 Å². The van der Waals surface area contributed by atoms with Crippen molar-refractivity contribution in [3.8, 4) is 0 Å². The predicted molar refractivity (Wildman–Crippen MR) is 66.3 cm³/mol. The van der Waals surface area contributed by atoms with E-state index in [1.165, 1.54) is 11.1 Å². The van der Waals surface area contributed by atoms with Crippen molar-refractivity contribution in [1.29, 1.82) is 0 Å². The predicted octanol–water partition coefficient (Wildman–Crippen LogP) is 2.82. The van der Waals surface area contributed by atoms with Gasteiger partial charge in [-0.3, -0.25) is 0 Å². The monoisotopic (exact) mass is 219 g/mol. The second-order valence-corrected chi connectivity index (χ2v) is 5.06. The van der Waals surface area contributed by atoms with Crippen LogP contribution >= 0.6 is 0 Å². The van der Waals surface area contributed by atoms with Crippen LogP contribution in [-0.2, 0) is 11.3 Å². The Kier molecular flexibility index (Phi) is 3.62. The van der Waals surface area contributed by atoms with Crippen LogP contribution in [0.15, 0.2) is 24.3 Å². The highest BCUT2D eigenvalue weighted by Gasteiger charge is 2.26. The van der Waals surface area contributed by atoms with E-state index in [2.05, 4.69) is 38.1 Å². The van der Waals surface area contributed by atoms with Crippen LogP contribution in [0.4, 0.5) is 0 Å². The first-order chi connectivity index (χ1) is 7.65. The number of hydrogen-bond acceptors (Lipinski definition) is 2. The fourth-order valence-electron chi connectivity index (χ4n) is 1.96. The van der Waals surface area contributed by atoms with Crippen molar-refractivity contribution in [1.82, 2.24) is 0 Å². The molecular formula is C14H21NO. The first-order valence-electron chi connectivity index (χ1n) is 6.11. The summed E-state index contributed by atoms with van der Waals surface area (Å²) >= 11 is 0. The molecule has 1 fully saturated rings. The van der Waals surface area contributed by atoms with Crippen LogP contribution in [0, 0.1) is 0 Å². The van der Waals surface area contributed by atoms with Crippen molar-refractivity contribution in [2.75, 3.05) is 0 Å². The minimum absolute atomic E-state index is 0.369. The maximum atomic E-state index is 5.75. The molecule has 1 aliphatic rings. The van der Waals surface area contributed by atoms with Gasteiger partial charge in [0.05, 0.1) is 12.7 Å². The third kappa shape index (κ3) is 2.83. The van der Waals surface area contributed by atoms with E-state index in [9.17, 15) is 0 Å². The molecule has 2 nitrogen and oxygen atoms in total. The third-order valence-corrected chi connectivity index (χ3v) is 3.26. The van der Waals surface area contributed by atoms with Crippen LogP contribution in [0.5, 0.6) is 0 Å². The van der Waals surface area contributed by atoms with Crippen molar-refractivity contribution in [3.05, 3.63) is 35.4 Å². The fourth-order valence-corrected chi connectivity index (χ4v) is 1.96. The molecule has 0 unspecified atom stereocenters. The molecule has 2 N–H and O–H groups in total. The number of nitrogens with two attached hydrogens (primary N) is 1. The number of benzene rings is 1.